The monoisotopic (exact) mass is 245 g/mol. The Hall–Kier alpha value is -1.38. The lowest BCUT2D eigenvalue weighted by atomic mass is 9.87. The lowest BCUT2D eigenvalue weighted by Crippen LogP contribution is -2.35. The lowest BCUT2D eigenvalue weighted by molar-refractivity contribution is 0.399. The molecule has 0 bridgehead atoms. The van der Waals surface area contributed by atoms with Gasteiger partial charge in [0.05, 0.1) is 5.70 Å². The van der Waals surface area contributed by atoms with Gasteiger partial charge in [0, 0.05) is 30.2 Å². The summed E-state index contributed by atoms with van der Waals surface area (Å²) in [6.07, 6.45) is 8.24. The molecule has 0 saturated heterocycles. The summed E-state index contributed by atoms with van der Waals surface area (Å²) in [6, 6.07) is 0. The van der Waals surface area contributed by atoms with E-state index in [1.165, 1.54) is 5.57 Å². The Morgan fingerprint density at radius 2 is 1.67 bits per heavy atom. The van der Waals surface area contributed by atoms with Crippen LogP contribution >= 0.6 is 0 Å². The average Bonchev–Trinajstić information content (AvgIpc) is 2.25. The summed E-state index contributed by atoms with van der Waals surface area (Å²) in [5.74, 6) is 0. The zero-order valence-corrected chi connectivity index (χ0v) is 12.2. The van der Waals surface area contributed by atoms with Crippen molar-refractivity contribution < 1.29 is 0 Å². The predicted octanol–water partition coefficient (Wildman–Crippen LogP) is 3.60. The summed E-state index contributed by atoms with van der Waals surface area (Å²) in [7, 11) is 0. The molecule has 0 spiro atoms. The van der Waals surface area contributed by atoms with Crippen molar-refractivity contribution in [2.75, 3.05) is 0 Å². The number of rotatable bonds is 0. The molecule has 0 radical (unpaired) electrons. The molecule has 2 aliphatic rings. The zero-order chi connectivity index (χ0) is 13.6. The number of allylic oxidation sites excluding steroid dienone is 2. The molecular formula is C15H23N3. The number of aliphatic imine (C=N–C) groups is 2. The van der Waals surface area contributed by atoms with E-state index in [2.05, 4.69) is 68.8 Å². The van der Waals surface area contributed by atoms with E-state index in [4.69, 9.17) is 0 Å². The molecule has 0 amide bonds. The van der Waals surface area contributed by atoms with Crippen LogP contribution in [0.25, 0.3) is 0 Å². The van der Waals surface area contributed by atoms with Crippen molar-refractivity contribution in [3.8, 4) is 0 Å². The fourth-order valence-corrected chi connectivity index (χ4v) is 1.83. The Labute approximate surface area is 110 Å². The van der Waals surface area contributed by atoms with Gasteiger partial charge < -0.3 is 4.90 Å². The summed E-state index contributed by atoms with van der Waals surface area (Å²) in [5.41, 5.74) is 2.54. The van der Waals surface area contributed by atoms with Crippen LogP contribution < -0.4 is 0 Å². The number of nitrogens with zero attached hydrogens (tertiary/aromatic N) is 3. The van der Waals surface area contributed by atoms with Crippen molar-refractivity contribution in [2.24, 2.45) is 20.8 Å². The third-order valence-corrected chi connectivity index (χ3v) is 3.21. The summed E-state index contributed by atoms with van der Waals surface area (Å²) >= 11 is 0. The molecule has 0 aromatic heterocycles. The minimum absolute atomic E-state index is 0.0298. The van der Waals surface area contributed by atoms with E-state index >= 15 is 0 Å². The van der Waals surface area contributed by atoms with Crippen molar-refractivity contribution in [2.45, 2.75) is 47.7 Å². The normalized spacial score (nSPS) is 23.7. The van der Waals surface area contributed by atoms with Crippen LogP contribution in [0.3, 0.4) is 0 Å². The molecule has 0 fully saturated rings. The quantitative estimate of drug-likeness (QED) is 0.641. The fourth-order valence-electron chi connectivity index (χ4n) is 1.83. The Balaban J connectivity index is 2.31. The van der Waals surface area contributed by atoms with Crippen molar-refractivity contribution in [3.05, 3.63) is 23.7 Å². The third kappa shape index (κ3) is 2.55. The van der Waals surface area contributed by atoms with Gasteiger partial charge in [-0.05, 0) is 11.0 Å². The second kappa shape index (κ2) is 4.08. The molecule has 98 valence electrons. The minimum Gasteiger partial charge on any atom is -0.325 e. The second-order valence-corrected chi connectivity index (χ2v) is 7.02. The van der Waals surface area contributed by atoms with Gasteiger partial charge in [-0.15, -0.1) is 0 Å². The van der Waals surface area contributed by atoms with Crippen molar-refractivity contribution in [1.82, 2.24) is 4.90 Å². The molecule has 2 rings (SSSR count). The van der Waals surface area contributed by atoms with E-state index in [1.54, 1.807) is 0 Å². The number of fused-ring (bicyclic) bond motifs is 1. The Morgan fingerprint density at radius 3 is 2.22 bits per heavy atom. The molecule has 0 aromatic carbocycles. The van der Waals surface area contributed by atoms with Crippen LogP contribution in [-0.4, -0.2) is 23.5 Å². The third-order valence-electron chi connectivity index (χ3n) is 3.21. The molecule has 0 aliphatic carbocycles. The molecule has 0 aromatic rings. The van der Waals surface area contributed by atoms with Crippen LogP contribution in [0.4, 0.5) is 0 Å². The van der Waals surface area contributed by atoms with E-state index in [9.17, 15) is 0 Å². The van der Waals surface area contributed by atoms with E-state index < -0.39 is 0 Å². The SMILES string of the molecule is CC(C)(C)C1=CN2C=C(C(C)(C)C)N=CC2N=C1. The van der Waals surface area contributed by atoms with Gasteiger partial charge in [-0.25, -0.2) is 0 Å². The summed E-state index contributed by atoms with van der Waals surface area (Å²) in [5, 5.41) is 0. The first-order valence-corrected chi connectivity index (χ1v) is 6.47. The van der Waals surface area contributed by atoms with Gasteiger partial charge in [-0.3, -0.25) is 9.98 Å². The molecular weight excluding hydrogens is 222 g/mol. The number of hydrogen-bond acceptors (Lipinski definition) is 3. The first-order valence-electron chi connectivity index (χ1n) is 6.47. The molecule has 0 N–H and O–H groups in total. The molecule has 3 nitrogen and oxygen atoms in total. The van der Waals surface area contributed by atoms with E-state index in [0.29, 0.717) is 0 Å². The van der Waals surface area contributed by atoms with Gasteiger partial charge in [0.15, 0.2) is 6.17 Å². The lowest BCUT2D eigenvalue weighted by Gasteiger charge is -2.34. The Kier molecular flexibility index (Phi) is 2.96. The molecule has 2 heterocycles. The van der Waals surface area contributed by atoms with Crippen LogP contribution in [0.5, 0.6) is 0 Å². The topological polar surface area (TPSA) is 28.0 Å². The van der Waals surface area contributed by atoms with Gasteiger partial charge in [-0.2, -0.15) is 0 Å². The Bertz CT molecular complexity index is 411. The van der Waals surface area contributed by atoms with Crippen LogP contribution in [0.1, 0.15) is 41.5 Å². The smallest absolute Gasteiger partial charge is 0.160 e. The molecule has 1 atom stereocenters. The van der Waals surface area contributed by atoms with Crippen LogP contribution in [0.2, 0.25) is 0 Å². The minimum atomic E-state index is 0.0298. The molecule has 1 unspecified atom stereocenters. The highest BCUT2D eigenvalue weighted by molar-refractivity contribution is 5.84. The van der Waals surface area contributed by atoms with Crippen LogP contribution in [0.15, 0.2) is 33.7 Å². The Morgan fingerprint density at radius 1 is 1.00 bits per heavy atom. The standard InChI is InChI=1S/C15H23N3/c1-14(2,3)11-7-17-13-8-16-12(15(4,5)6)10-18(13)9-11/h7-10,13H,1-6H3. The zero-order valence-electron chi connectivity index (χ0n) is 12.2. The molecule has 2 aliphatic heterocycles. The van der Waals surface area contributed by atoms with Gasteiger partial charge in [0.25, 0.3) is 0 Å². The van der Waals surface area contributed by atoms with Gasteiger partial charge >= 0.3 is 0 Å². The van der Waals surface area contributed by atoms with Crippen molar-refractivity contribution in [3.63, 3.8) is 0 Å². The summed E-state index contributed by atoms with van der Waals surface area (Å²) in [4.78, 5) is 11.2. The number of hydrogen-bond donors (Lipinski definition) is 0. The van der Waals surface area contributed by atoms with E-state index in [1.807, 2.05) is 12.4 Å². The highest BCUT2D eigenvalue weighted by Crippen LogP contribution is 2.32. The molecule has 18 heavy (non-hydrogen) atoms. The summed E-state index contributed by atoms with van der Waals surface area (Å²) < 4.78 is 0. The van der Waals surface area contributed by atoms with Crippen molar-refractivity contribution >= 4 is 12.4 Å². The van der Waals surface area contributed by atoms with Gasteiger partial charge in [0.2, 0.25) is 0 Å². The first-order chi connectivity index (χ1) is 8.18. The average molecular weight is 245 g/mol. The van der Waals surface area contributed by atoms with Crippen molar-refractivity contribution in [1.29, 1.82) is 0 Å². The highest BCUT2D eigenvalue weighted by Gasteiger charge is 2.27. The second-order valence-electron chi connectivity index (χ2n) is 7.02. The maximum Gasteiger partial charge on any atom is 0.160 e. The first kappa shape index (κ1) is 13.1. The van der Waals surface area contributed by atoms with E-state index in [-0.39, 0.29) is 17.0 Å². The largest absolute Gasteiger partial charge is 0.325 e. The molecule has 3 heteroatoms. The highest BCUT2D eigenvalue weighted by atomic mass is 15.2. The van der Waals surface area contributed by atoms with Crippen LogP contribution in [-0.2, 0) is 0 Å². The summed E-state index contributed by atoms with van der Waals surface area (Å²) in [6.45, 7) is 13.2. The maximum absolute atomic E-state index is 4.55. The van der Waals surface area contributed by atoms with Crippen LogP contribution in [0, 0.1) is 10.8 Å². The maximum atomic E-state index is 4.55. The fraction of sp³-hybridized carbons (Fsp3) is 0.600. The predicted molar refractivity (Wildman–Crippen MR) is 77.7 cm³/mol. The van der Waals surface area contributed by atoms with Gasteiger partial charge in [0.1, 0.15) is 0 Å². The van der Waals surface area contributed by atoms with Gasteiger partial charge in [-0.1, -0.05) is 41.5 Å². The van der Waals surface area contributed by atoms with E-state index in [0.717, 1.165) is 5.70 Å². The molecule has 0 saturated carbocycles.